The second kappa shape index (κ2) is 10.9. The topological polar surface area (TPSA) is 0 Å². The summed E-state index contributed by atoms with van der Waals surface area (Å²) >= 11 is 1.74. The summed E-state index contributed by atoms with van der Waals surface area (Å²) in [6, 6.07) is 28.6. The molecule has 1 heterocycles. The van der Waals surface area contributed by atoms with Gasteiger partial charge in [-0.2, -0.15) is 42.0 Å². The SMILES string of the molecule is [Cl-].[Cl-].[Zr+4].[c-]1cccc2c1Cc1ccccc1-2.c1cc[c-](-c2ccsc2)c1. The molecule has 0 atom stereocenters. The number of hydrogen-bond acceptors (Lipinski definition) is 1. The fraction of sp³-hybridized carbons (Fsp3) is 0.0455. The predicted molar refractivity (Wildman–Crippen MR) is 98.9 cm³/mol. The maximum atomic E-state index is 3.30. The molecule has 0 unspecified atom stereocenters. The molecule has 0 radical (unpaired) electrons. The molecule has 1 aliphatic carbocycles. The van der Waals surface area contributed by atoms with E-state index in [0.717, 1.165) is 6.42 Å². The van der Waals surface area contributed by atoms with Crippen molar-refractivity contribution in [1.82, 2.24) is 0 Å². The molecule has 1 aromatic heterocycles. The molecule has 0 nitrogen and oxygen atoms in total. The third-order valence-electron chi connectivity index (χ3n) is 4.13. The minimum Gasteiger partial charge on any atom is -1.00 e. The molecule has 0 amide bonds. The van der Waals surface area contributed by atoms with Gasteiger partial charge in [-0.15, -0.1) is 29.3 Å². The van der Waals surface area contributed by atoms with E-state index < -0.39 is 0 Å². The molecular weight excluding hydrogens is 458 g/mol. The molecule has 0 saturated carbocycles. The van der Waals surface area contributed by atoms with E-state index in [-0.39, 0.29) is 51.0 Å². The van der Waals surface area contributed by atoms with Gasteiger partial charge in [0.2, 0.25) is 0 Å². The van der Waals surface area contributed by atoms with Gasteiger partial charge in [-0.1, -0.05) is 51.7 Å². The number of halogens is 2. The molecule has 0 aliphatic heterocycles. The van der Waals surface area contributed by atoms with E-state index in [9.17, 15) is 0 Å². The molecule has 26 heavy (non-hydrogen) atoms. The van der Waals surface area contributed by atoms with Gasteiger partial charge in [0.25, 0.3) is 0 Å². The van der Waals surface area contributed by atoms with Crippen LogP contribution < -0.4 is 24.8 Å². The number of rotatable bonds is 1. The largest absolute Gasteiger partial charge is 4.00 e. The van der Waals surface area contributed by atoms with Crippen molar-refractivity contribution in [2.24, 2.45) is 0 Å². The third kappa shape index (κ3) is 5.02. The average molecular weight is 475 g/mol. The first-order valence-corrected chi connectivity index (χ1v) is 8.68. The van der Waals surface area contributed by atoms with Crippen LogP contribution in [-0.2, 0) is 32.6 Å². The second-order valence-corrected chi connectivity index (χ2v) is 6.36. The van der Waals surface area contributed by atoms with E-state index >= 15 is 0 Å². The Balaban J connectivity index is 0.000000239. The van der Waals surface area contributed by atoms with E-state index in [1.165, 1.54) is 33.4 Å². The van der Waals surface area contributed by atoms with Crippen molar-refractivity contribution in [1.29, 1.82) is 0 Å². The Bertz CT molecular complexity index is 824. The number of fused-ring (bicyclic) bond motifs is 3. The molecule has 0 bridgehead atoms. The van der Waals surface area contributed by atoms with Crippen LogP contribution in [0.2, 0.25) is 0 Å². The van der Waals surface area contributed by atoms with Crippen LogP contribution in [0.25, 0.3) is 22.3 Å². The van der Waals surface area contributed by atoms with Gasteiger partial charge in [0.05, 0.1) is 0 Å². The van der Waals surface area contributed by atoms with Gasteiger partial charge in [0.1, 0.15) is 0 Å². The molecule has 0 fully saturated rings. The fourth-order valence-corrected chi connectivity index (χ4v) is 3.66. The summed E-state index contributed by atoms with van der Waals surface area (Å²) in [4.78, 5) is 0. The van der Waals surface area contributed by atoms with E-state index in [4.69, 9.17) is 0 Å². The van der Waals surface area contributed by atoms with E-state index in [1.54, 1.807) is 11.3 Å². The molecule has 3 aromatic carbocycles. The molecule has 0 spiro atoms. The molecule has 1 aliphatic rings. The molecule has 4 aromatic rings. The smallest absolute Gasteiger partial charge is 1.00 e. The minimum absolute atomic E-state index is 0. The van der Waals surface area contributed by atoms with Crippen molar-refractivity contribution in [3.8, 4) is 22.3 Å². The van der Waals surface area contributed by atoms with Gasteiger partial charge in [0.15, 0.2) is 0 Å². The molecular formula is C22H16Cl2SZr. The van der Waals surface area contributed by atoms with Crippen LogP contribution in [0.4, 0.5) is 0 Å². The first kappa shape index (κ1) is 23.0. The van der Waals surface area contributed by atoms with E-state index in [1.807, 2.05) is 6.07 Å². The standard InChI is InChI=1S/C13H9.C9H7S.2ClH.Zr/c1-3-7-12-10(5-1)9-11-6-2-4-8-13(11)12;1-2-4-8(3-1)9-5-6-10-7-9;;;/h1-5,7-8H,9H2;1-7H;2*1H;/q2*-1;;;+4/p-2. The number of thiophene rings is 1. The Hall–Kier alpha value is -1.05. The van der Waals surface area contributed by atoms with Crippen LogP contribution in [0.3, 0.4) is 0 Å². The van der Waals surface area contributed by atoms with Crippen LogP contribution in [0.15, 0.2) is 83.6 Å². The van der Waals surface area contributed by atoms with E-state index in [0.29, 0.717) is 0 Å². The van der Waals surface area contributed by atoms with Crippen molar-refractivity contribution in [2.45, 2.75) is 6.42 Å². The fourth-order valence-electron chi connectivity index (χ4n) is 2.99. The first-order chi connectivity index (χ1) is 11.4. The minimum atomic E-state index is 0. The van der Waals surface area contributed by atoms with E-state index in [2.05, 4.69) is 83.6 Å². The summed E-state index contributed by atoms with van der Waals surface area (Å²) in [5.74, 6) is 0. The van der Waals surface area contributed by atoms with Crippen LogP contribution in [0.5, 0.6) is 0 Å². The van der Waals surface area contributed by atoms with Crippen LogP contribution in [-0.4, -0.2) is 0 Å². The zero-order valence-corrected chi connectivity index (χ0v) is 18.7. The van der Waals surface area contributed by atoms with Crippen molar-refractivity contribution >= 4 is 11.3 Å². The second-order valence-electron chi connectivity index (χ2n) is 5.58. The first-order valence-electron chi connectivity index (χ1n) is 7.74. The Morgan fingerprint density at radius 1 is 0.846 bits per heavy atom. The quantitative estimate of drug-likeness (QED) is 0.305. The Morgan fingerprint density at radius 3 is 2.31 bits per heavy atom. The summed E-state index contributed by atoms with van der Waals surface area (Å²) in [7, 11) is 0. The normalized spacial score (nSPS) is 10.0. The predicted octanol–water partition coefficient (Wildman–Crippen LogP) is 0.197. The molecule has 0 saturated heterocycles. The number of hydrogen-bond donors (Lipinski definition) is 0. The van der Waals surface area contributed by atoms with Gasteiger partial charge in [-0.3, -0.25) is 0 Å². The number of benzene rings is 2. The average Bonchev–Trinajstić information content (AvgIpc) is 3.34. The third-order valence-corrected chi connectivity index (χ3v) is 4.82. The summed E-state index contributed by atoms with van der Waals surface area (Å²) < 4.78 is 0. The Labute approximate surface area is 190 Å². The summed E-state index contributed by atoms with van der Waals surface area (Å²) in [5.41, 5.74) is 8.16. The maximum Gasteiger partial charge on any atom is 4.00 e. The Kier molecular flexibility index (Phi) is 9.68. The molecule has 128 valence electrons. The summed E-state index contributed by atoms with van der Waals surface area (Å²) in [5, 5.41) is 4.26. The molecule has 0 N–H and O–H groups in total. The monoisotopic (exact) mass is 472 g/mol. The zero-order chi connectivity index (χ0) is 15.5. The zero-order valence-electron chi connectivity index (χ0n) is 14.0. The summed E-state index contributed by atoms with van der Waals surface area (Å²) in [6.45, 7) is 0. The van der Waals surface area contributed by atoms with Gasteiger partial charge in [0, 0.05) is 0 Å². The van der Waals surface area contributed by atoms with Crippen molar-refractivity contribution in [3.63, 3.8) is 0 Å². The van der Waals surface area contributed by atoms with Crippen molar-refractivity contribution in [2.75, 3.05) is 0 Å². The van der Waals surface area contributed by atoms with Crippen molar-refractivity contribution in [3.05, 3.63) is 101 Å². The van der Waals surface area contributed by atoms with Crippen molar-refractivity contribution < 1.29 is 51.0 Å². The maximum absolute atomic E-state index is 3.30. The Morgan fingerprint density at radius 2 is 1.58 bits per heavy atom. The van der Waals surface area contributed by atoms with Crippen LogP contribution in [0, 0.1) is 6.07 Å². The van der Waals surface area contributed by atoms with Crippen LogP contribution >= 0.6 is 11.3 Å². The van der Waals surface area contributed by atoms with Crippen LogP contribution in [0.1, 0.15) is 11.1 Å². The molecule has 5 rings (SSSR count). The van der Waals surface area contributed by atoms with Gasteiger partial charge >= 0.3 is 26.2 Å². The summed E-state index contributed by atoms with van der Waals surface area (Å²) in [6.07, 6.45) is 1.05. The van der Waals surface area contributed by atoms with Gasteiger partial charge in [-0.05, 0) is 6.42 Å². The van der Waals surface area contributed by atoms with Gasteiger partial charge < -0.3 is 24.8 Å². The molecule has 4 heteroatoms. The van der Waals surface area contributed by atoms with Gasteiger partial charge in [-0.25, -0.2) is 11.3 Å².